The van der Waals surface area contributed by atoms with Gasteiger partial charge in [-0.1, -0.05) is 11.6 Å². The number of aliphatic hydroxyl groups excluding tert-OH is 1. The van der Waals surface area contributed by atoms with Crippen molar-refractivity contribution in [1.29, 1.82) is 0 Å². The van der Waals surface area contributed by atoms with Crippen LogP contribution < -0.4 is 5.32 Å². The molecular weight excluding hydrogens is 258 g/mol. The van der Waals surface area contributed by atoms with Gasteiger partial charge in [0, 0.05) is 29.7 Å². The van der Waals surface area contributed by atoms with Crippen molar-refractivity contribution in [2.24, 2.45) is 5.92 Å². The molecule has 0 bridgehead atoms. The van der Waals surface area contributed by atoms with Crippen molar-refractivity contribution < 1.29 is 19.8 Å². The summed E-state index contributed by atoms with van der Waals surface area (Å²) in [6.07, 6.45) is -0.183. The van der Waals surface area contributed by atoms with Gasteiger partial charge in [0.15, 0.2) is 0 Å². The molecule has 18 heavy (non-hydrogen) atoms. The summed E-state index contributed by atoms with van der Waals surface area (Å²) in [6.45, 7) is -0.169. The second kappa shape index (κ2) is 6.98. The molecule has 1 amide bonds. The van der Waals surface area contributed by atoms with Crippen LogP contribution in [0.4, 0.5) is 0 Å². The van der Waals surface area contributed by atoms with Crippen molar-refractivity contribution in [2.75, 3.05) is 13.2 Å². The Morgan fingerprint density at radius 1 is 1.28 bits per heavy atom. The Hall–Kier alpha value is -1.59. The summed E-state index contributed by atoms with van der Waals surface area (Å²) in [5.41, 5.74) is 0.436. The van der Waals surface area contributed by atoms with E-state index in [-0.39, 0.29) is 25.5 Å². The molecule has 5 nitrogen and oxygen atoms in total. The predicted molar refractivity (Wildman–Crippen MR) is 66.6 cm³/mol. The smallest absolute Gasteiger partial charge is 0.303 e. The molecule has 0 aliphatic carbocycles. The highest BCUT2D eigenvalue weighted by Gasteiger charge is 2.14. The van der Waals surface area contributed by atoms with E-state index in [0.717, 1.165) is 0 Å². The molecule has 1 atom stereocenters. The Balaban J connectivity index is 2.49. The Bertz CT molecular complexity index is 419. The highest BCUT2D eigenvalue weighted by atomic mass is 35.5. The third kappa shape index (κ3) is 4.73. The number of carbonyl (C=O) groups excluding carboxylic acids is 1. The van der Waals surface area contributed by atoms with Crippen LogP contribution in [-0.2, 0) is 4.79 Å². The zero-order valence-electron chi connectivity index (χ0n) is 9.60. The largest absolute Gasteiger partial charge is 0.481 e. The minimum atomic E-state index is -1.00. The van der Waals surface area contributed by atoms with E-state index >= 15 is 0 Å². The van der Waals surface area contributed by atoms with E-state index in [1.54, 1.807) is 24.3 Å². The fourth-order valence-electron chi connectivity index (χ4n) is 1.39. The first-order valence-corrected chi connectivity index (χ1v) is 5.77. The molecule has 0 aromatic heterocycles. The summed E-state index contributed by atoms with van der Waals surface area (Å²) in [6, 6.07) is 6.33. The monoisotopic (exact) mass is 271 g/mol. The van der Waals surface area contributed by atoms with Gasteiger partial charge in [-0.15, -0.1) is 0 Å². The van der Waals surface area contributed by atoms with E-state index in [9.17, 15) is 9.59 Å². The molecule has 1 aromatic rings. The minimum absolute atomic E-state index is 0.115. The molecule has 1 rings (SSSR count). The molecule has 0 saturated carbocycles. The fourth-order valence-corrected chi connectivity index (χ4v) is 1.51. The lowest BCUT2D eigenvalue weighted by atomic mass is 10.1. The molecule has 0 aliphatic rings. The van der Waals surface area contributed by atoms with Crippen molar-refractivity contribution in [3.63, 3.8) is 0 Å². The maximum atomic E-state index is 11.7. The lowest BCUT2D eigenvalue weighted by molar-refractivity contribution is -0.138. The Kier molecular flexibility index (Phi) is 5.61. The lowest BCUT2D eigenvalue weighted by Crippen LogP contribution is -2.31. The molecule has 3 N–H and O–H groups in total. The average molecular weight is 272 g/mol. The van der Waals surface area contributed by atoms with Crippen molar-refractivity contribution in [3.8, 4) is 0 Å². The van der Waals surface area contributed by atoms with Gasteiger partial charge in [0.1, 0.15) is 0 Å². The van der Waals surface area contributed by atoms with Crippen LogP contribution in [0, 0.1) is 5.92 Å². The average Bonchev–Trinajstić information content (AvgIpc) is 2.34. The van der Waals surface area contributed by atoms with E-state index in [1.807, 2.05) is 0 Å². The van der Waals surface area contributed by atoms with Gasteiger partial charge in [-0.3, -0.25) is 9.59 Å². The quantitative estimate of drug-likeness (QED) is 0.724. The highest BCUT2D eigenvalue weighted by Crippen LogP contribution is 2.09. The molecule has 0 saturated heterocycles. The lowest BCUT2D eigenvalue weighted by Gasteiger charge is -2.12. The second-order valence-electron chi connectivity index (χ2n) is 3.86. The second-order valence-corrected chi connectivity index (χ2v) is 4.30. The number of carboxylic acid groups (broad SMARTS) is 1. The first-order valence-electron chi connectivity index (χ1n) is 5.39. The molecule has 1 aromatic carbocycles. The number of halogens is 1. The number of benzene rings is 1. The molecular formula is C12H14ClNO4. The summed E-state index contributed by atoms with van der Waals surface area (Å²) in [4.78, 5) is 22.2. The maximum Gasteiger partial charge on any atom is 0.303 e. The van der Waals surface area contributed by atoms with E-state index in [1.165, 1.54) is 0 Å². The minimum Gasteiger partial charge on any atom is -0.481 e. The number of nitrogens with one attached hydrogen (secondary N) is 1. The van der Waals surface area contributed by atoms with Gasteiger partial charge in [-0.25, -0.2) is 0 Å². The van der Waals surface area contributed by atoms with Crippen LogP contribution >= 0.6 is 11.6 Å². The molecule has 98 valence electrons. The predicted octanol–water partition coefficient (Wildman–Crippen LogP) is 1.15. The van der Waals surface area contributed by atoms with Gasteiger partial charge in [0.05, 0.1) is 6.42 Å². The molecule has 0 heterocycles. The molecule has 0 aliphatic heterocycles. The number of rotatable bonds is 6. The van der Waals surface area contributed by atoms with E-state index in [2.05, 4.69) is 5.32 Å². The van der Waals surface area contributed by atoms with Crippen LogP contribution in [0.2, 0.25) is 5.02 Å². The molecule has 1 unspecified atom stereocenters. The first kappa shape index (κ1) is 14.5. The van der Waals surface area contributed by atoms with E-state index < -0.39 is 11.9 Å². The number of carboxylic acids is 1. The van der Waals surface area contributed by atoms with Crippen LogP contribution in [0.1, 0.15) is 16.8 Å². The van der Waals surface area contributed by atoms with Gasteiger partial charge < -0.3 is 15.5 Å². The fraction of sp³-hybridized carbons (Fsp3) is 0.333. The van der Waals surface area contributed by atoms with Crippen LogP contribution in [0.5, 0.6) is 0 Å². The molecule has 0 radical (unpaired) electrons. The summed E-state index contributed by atoms with van der Waals surface area (Å²) in [7, 11) is 0. The Morgan fingerprint density at radius 2 is 1.89 bits per heavy atom. The molecule has 0 fully saturated rings. The van der Waals surface area contributed by atoms with E-state index in [0.29, 0.717) is 10.6 Å². The number of hydrogen-bond acceptors (Lipinski definition) is 3. The van der Waals surface area contributed by atoms with Crippen molar-refractivity contribution >= 4 is 23.5 Å². The number of amides is 1. The Labute approximate surface area is 109 Å². The SMILES string of the molecule is O=C(O)CC(CO)CNC(=O)c1ccc(Cl)cc1. The highest BCUT2D eigenvalue weighted by molar-refractivity contribution is 6.30. The third-order valence-electron chi connectivity index (χ3n) is 2.38. The van der Waals surface area contributed by atoms with Crippen molar-refractivity contribution in [1.82, 2.24) is 5.32 Å². The normalized spacial score (nSPS) is 11.9. The third-order valence-corrected chi connectivity index (χ3v) is 2.63. The van der Waals surface area contributed by atoms with Crippen LogP contribution in [0.25, 0.3) is 0 Å². The van der Waals surface area contributed by atoms with Crippen molar-refractivity contribution in [2.45, 2.75) is 6.42 Å². The van der Waals surface area contributed by atoms with Crippen LogP contribution in [-0.4, -0.2) is 35.2 Å². The summed E-state index contributed by atoms with van der Waals surface area (Å²) >= 11 is 5.69. The Morgan fingerprint density at radius 3 is 2.39 bits per heavy atom. The zero-order valence-corrected chi connectivity index (χ0v) is 10.4. The maximum absolute atomic E-state index is 11.7. The topological polar surface area (TPSA) is 86.6 Å². The van der Waals surface area contributed by atoms with Crippen LogP contribution in [0.15, 0.2) is 24.3 Å². The van der Waals surface area contributed by atoms with Gasteiger partial charge in [0.2, 0.25) is 0 Å². The number of hydrogen-bond donors (Lipinski definition) is 3. The van der Waals surface area contributed by atoms with Gasteiger partial charge in [-0.2, -0.15) is 0 Å². The summed E-state index contributed by atoms with van der Waals surface area (Å²) in [5, 5.41) is 20.7. The van der Waals surface area contributed by atoms with Gasteiger partial charge >= 0.3 is 5.97 Å². The number of aliphatic hydroxyl groups is 1. The number of aliphatic carboxylic acids is 1. The first-order chi connectivity index (χ1) is 8.52. The summed E-state index contributed by atoms with van der Waals surface area (Å²) < 4.78 is 0. The molecule has 6 heteroatoms. The number of carbonyl (C=O) groups is 2. The zero-order chi connectivity index (χ0) is 13.5. The van der Waals surface area contributed by atoms with Crippen molar-refractivity contribution in [3.05, 3.63) is 34.9 Å². The summed E-state index contributed by atoms with van der Waals surface area (Å²) in [5.74, 6) is -1.82. The standard InChI is InChI=1S/C12H14ClNO4/c13-10-3-1-9(2-4-10)12(18)14-6-8(7-15)5-11(16)17/h1-4,8,15H,5-7H2,(H,14,18)(H,16,17). The van der Waals surface area contributed by atoms with Crippen LogP contribution in [0.3, 0.4) is 0 Å². The van der Waals surface area contributed by atoms with E-state index in [4.69, 9.17) is 21.8 Å². The molecule has 0 spiro atoms. The van der Waals surface area contributed by atoms with Gasteiger partial charge in [-0.05, 0) is 24.3 Å². The van der Waals surface area contributed by atoms with Gasteiger partial charge in [0.25, 0.3) is 5.91 Å².